The Morgan fingerprint density at radius 3 is 2.45 bits per heavy atom. The third-order valence-corrected chi connectivity index (χ3v) is 1.12. The third-order valence-electron chi connectivity index (χ3n) is 1.12. The molecule has 1 unspecified atom stereocenters. The molecular formula is C8H17NO2. The molecule has 0 bridgehead atoms. The van der Waals surface area contributed by atoms with E-state index in [-0.39, 0.29) is 0 Å². The second-order valence-electron chi connectivity index (χ2n) is 3.16. The van der Waals surface area contributed by atoms with Crippen LogP contribution in [0, 0.1) is 0 Å². The van der Waals surface area contributed by atoms with Crippen molar-refractivity contribution in [2.45, 2.75) is 32.6 Å². The van der Waals surface area contributed by atoms with Gasteiger partial charge in [0.15, 0.2) is 0 Å². The number of aliphatic hydroxyl groups is 2. The minimum Gasteiger partial charge on any atom is -0.389 e. The molecule has 1 atom stereocenters. The van der Waals surface area contributed by atoms with Crippen molar-refractivity contribution >= 4 is 0 Å². The molecule has 0 aromatic rings. The lowest BCUT2D eigenvalue weighted by Gasteiger charge is -2.19. The van der Waals surface area contributed by atoms with E-state index < -0.39 is 11.8 Å². The number of rotatable bonds is 4. The maximum absolute atomic E-state index is 9.24. The molecule has 0 amide bonds. The van der Waals surface area contributed by atoms with Crippen molar-refractivity contribution in [3.8, 4) is 0 Å². The first-order valence-electron chi connectivity index (χ1n) is 3.72. The topological polar surface area (TPSA) is 52.5 Å². The maximum Gasteiger partial charge on any atom is 0.124 e. The number of hydrogen-bond acceptors (Lipinski definition) is 3. The standard InChI is InChI=1S/C8H17NO2/c1-4-5-7(10)9-6-8(2,3)11/h4-5,7,9-11H,6H2,1-3H3/b5-4-. The normalized spacial score (nSPS) is 15.7. The van der Waals surface area contributed by atoms with Gasteiger partial charge in [-0.2, -0.15) is 0 Å². The van der Waals surface area contributed by atoms with Crippen molar-refractivity contribution in [3.63, 3.8) is 0 Å². The Labute approximate surface area is 67.7 Å². The fourth-order valence-corrected chi connectivity index (χ4v) is 0.605. The van der Waals surface area contributed by atoms with Crippen LogP contribution in [0.25, 0.3) is 0 Å². The van der Waals surface area contributed by atoms with E-state index in [4.69, 9.17) is 5.11 Å². The van der Waals surface area contributed by atoms with Crippen molar-refractivity contribution in [3.05, 3.63) is 12.2 Å². The molecule has 3 heteroatoms. The average Bonchev–Trinajstić information content (AvgIpc) is 1.83. The molecule has 0 fully saturated rings. The number of aliphatic hydroxyl groups excluding tert-OH is 1. The number of allylic oxidation sites excluding steroid dienone is 1. The second-order valence-corrected chi connectivity index (χ2v) is 3.16. The summed E-state index contributed by atoms with van der Waals surface area (Å²) in [5.41, 5.74) is -0.775. The summed E-state index contributed by atoms with van der Waals surface area (Å²) in [6, 6.07) is 0. The summed E-state index contributed by atoms with van der Waals surface area (Å²) < 4.78 is 0. The Morgan fingerprint density at radius 2 is 2.09 bits per heavy atom. The van der Waals surface area contributed by atoms with E-state index in [2.05, 4.69) is 5.32 Å². The van der Waals surface area contributed by atoms with Crippen LogP contribution >= 0.6 is 0 Å². The van der Waals surface area contributed by atoms with E-state index in [1.807, 2.05) is 6.92 Å². The van der Waals surface area contributed by atoms with Crippen LogP contribution in [-0.4, -0.2) is 28.6 Å². The van der Waals surface area contributed by atoms with Gasteiger partial charge in [-0.3, -0.25) is 5.32 Å². The SMILES string of the molecule is C/C=C\C(O)NCC(C)(C)O. The highest BCUT2D eigenvalue weighted by atomic mass is 16.3. The highest BCUT2D eigenvalue weighted by Crippen LogP contribution is 1.97. The van der Waals surface area contributed by atoms with Gasteiger partial charge in [0.25, 0.3) is 0 Å². The van der Waals surface area contributed by atoms with Crippen LogP contribution in [0.2, 0.25) is 0 Å². The van der Waals surface area contributed by atoms with Crippen LogP contribution in [0.15, 0.2) is 12.2 Å². The van der Waals surface area contributed by atoms with Gasteiger partial charge in [-0.05, 0) is 26.8 Å². The van der Waals surface area contributed by atoms with Gasteiger partial charge in [0, 0.05) is 6.54 Å². The Balaban J connectivity index is 3.54. The summed E-state index contributed by atoms with van der Waals surface area (Å²) in [5, 5.41) is 21.1. The summed E-state index contributed by atoms with van der Waals surface area (Å²) in [5.74, 6) is 0. The summed E-state index contributed by atoms with van der Waals surface area (Å²) in [7, 11) is 0. The summed E-state index contributed by atoms with van der Waals surface area (Å²) in [4.78, 5) is 0. The molecular weight excluding hydrogens is 142 g/mol. The quantitative estimate of drug-likeness (QED) is 0.407. The van der Waals surface area contributed by atoms with Gasteiger partial charge in [-0.15, -0.1) is 0 Å². The molecule has 0 aromatic carbocycles. The molecule has 0 spiro atoms. The molecule has 0 aliphatic heterocycles. The summed E-state index contributed by atoms with van der Waals surface area (Å²) in [6.45, 7) is 5.57. The molecule has 3 N–H and O–H groups in total. The molecule has 0 aliphatic carbocycles. The molecule has 0 saturated carbocycles. The van der Waals surface area contributed by atoms with E-state index in [1.165, 1.54) is 0 Å². The largest absolute Gasteiger partial charge is 0.389 e. The molecule has 0 saturated heterocycles. The zero-order valence-corrected chi connectivity index (χ0v) is 7.33. The van der Waals surface area contributed by atoms with E-state index in [0.29, 0.717) is 6.54 Å². The Kier molecular flexibility index (Phi) is 4.33. The summed E-state index contributed by atoms with van der Waals surface area (Å²) >= 11 is 0. The van der Waals surface area contributed by atoms with Gasteiger partial charge in [0.05, 0.1) is 5.60 Å². The highest BCUT2D eigenvalue weighted by Gasteiger charge is 2.12. The van der Waals surface area contributed by atoms with Gasteiger partial charge in [-0.25, -0.2) is 0 Å². The lowest BCUT2D eigenvalue weighted by molar-refractivity contribution is 0.0606. The van der Waals surface area contributed by atoms with E-state index >= 15 is 0 Å². The fourth-order valence-electron chi connectivity index (χ4n) is 0.605. The van der Waals surface area contributed by atoms with Gasteiger partial charge >= 0.3 is 0 Å². The molecule has 0 aliphatic rings. The second kappa shape index (κ2) is 4.49. The maximum atomic E-state index is 9.24. The Morgan fingerprint density at radius 1 is 1.55 bits per heavy atom. The average molecular weight is 159 g/mol. The van der Waals surface area contributed by atoms with Crippen molar-refractivity contribution in [1.29, 1.82) is 0 Å². The molecule has 0 aromatic heterocycles. The Hall–Kier alpha value is -0.380. The number of nitrogens with one attached hydrogen (secondary N) is 1. The van der Waals surface area contributed by atoms with Crippen LogP contribution < -0.4 is 5.32 Å². The third kappa shape index (κ3) is 7.52. The van der Waals surface area contributed by atoms with Crippen LogP contribution in [0.3, 0.4) is 0 Å². The van der Waals surface area contributed by atoms with Crippen LogP contribution in [-0.2, 0) is 0 Å². The molecule has 11 heavy (non-hydrogen) atoms. The smallest absolute Gasteiger partial charge is 0.124 e. The zero-order valence-electron chi connectivity index (χ0n) is 7.33. The minimum absolute atomic E-state index is 0.374. The van der Waals surface area contributed by atoms with Gasteiger partial charge in [-0.1, -0.05) is 6.08 Å². The molecule has 0 rings (SSSR count). The van der Waals surface area contributed by atoms with Crippen LogP contribution in [0.4, 0.5) is 0 Å². The van der Waals surface area contributed by atoms with E-state index in [1.54, 1.807) is 26.0 Å². The number of hydrogen-bond donors (Lipinski definition) is 3. The predicted molar refractivity (Wildman–Crippen MR) is 45.1 cm³/mol. The Bertz CT molecular complexity index is 127. The van der Waals surface area contributed by atoms with Crippen molar-refractivity contribution in [1.82, 2.24) is 5.32 Å². The van der Waals surface area contributed by atoms with Gasteiger partial charge < -0.3 is 10.2 Å². The van der Waals surface area contributed by atoms with Crippen molar-refractivity contribution in [2.75, 3.05) is 6.54 Å². The van der Waals surface area contributed by atoms with Crippen molar-refractivity contribution in [2.24, 2.45) is 0 Å². The summed E-state index contributed by atoms with van der Waals surface area (Å²) in [6.07, 6.45) is 2.71. The van der Waals surface area contributed by atoms with E-state index in [0.717, 1.165) is 0 Å². The molecule has 0 heterocycles. The van der Waals surface area contributed by atoms with Gasteiger partial charge in [0.2, 0.25) is 0 Å². The van der Waals surface area contributed by atoms with Crippen LogP contribution in [0.5, 0.6) is 0 Å². The van der Waals surface area contributed by atoms with E-state index in [9.17, 15) is 5.11 Å². The molecule has 3 nitrogen and oxygen atoms in total. The molecule has 0 radical (unpaired) electrons. The first kappa shape index (κ1) is 10.6. The first-order valence-corrected chi connectivity index (χ1v) is 3.72. The zero-order chi connectivity index (χ0) is 8.91. The predicted octanol–water partition coefficient (Wildman–Crippen LogP) is 0.241. The lowest BCUT2D eigenvalue weighted by Crippen LogP contribution is -2.39. The monoisotopic (exact) mass is 159 g/mol. The van der Waals surface area contributed by atoms with Crippen LogP contribution in [0.1, 0.15) is 20.8 Å². The lowest BCUT2D eigenvalue weighted by atomic mass is 10.1. The van der Waals surface area contributed by atoms with Gasteiger partial charge in [0.1, 0.15) is 6.23 Å². The van der Waals surface area contributed by atoms with Crippen molar-refractivity contribution < 1.29 is 10.2 Å². The minimum atomic E-state index is -0.775. The highest BCUT2D eigenvalue weighted by molar-refractivity contribution is 4.85. The fraction of sp³-hybridized carbons (Fsp3) is 0.750. The molecule has 66 valence electrons. The first-order chi connectivity index (χ1) is 4.95.